The second kappa shape index (κ2) is 6.78. The van der Waals surface area contributed by atoms with Crippen molar-refractivity contribution < 1.29 is 19.4 Å². The van der Waals surface area contributed by atoms with Crippen molar-refractivity contribution in [3.8, 4) is 5.75 Å². The van der Waals surface area contributed by atoms with Crippen LogP contribution in [0.4, 0.5) is 5.69 Å². The summed E-state index contributed by atoms with van der Waals surface area (Å²) >= 11 is 6.85. The fourth-order valence-corrected chi connectivity index (χ4v) is 3.71. The highest BCUT2D eigenvalue weighted by atomic mass is 79.9. The van der Waals surface area contributed by atoms with E-state index in [4.69, 9.17) is 9.84 Å². The molecule has 0 radical (unpaired) electrons. The Hall–Kier alpha value is -2.12. The van der Waals surface area contributed by atoms with E-state index in [1.165, 1.54) is 0 Å². The first kappa shape index (κ1) is 16.7. The van der Waals surface area contributed by atoms with E-state index in [-0.39, 0.29) is 5.91 Å². The van der Waals surface area contributed by atoms with E-state index in [9.17, 15) is 9.59 Å². The van der Waals surface area contributed by atoms with E-state index in [0.29, 0.717) is 22.6 Å². The number of hydrogen-bond acceptors (Lipinski definition) is 3. The van der Waals surface area contributed by atoms with Gasteiger partial charge in [0.15, 0.2) is 6.61 Å². The summed E-state index contributed by atoms with van der Waals surface area (Å²) in [5.41, 5.74) is 2.58. The van der Waals surface area contributed by atoms with Crippen LogP contribution in [0.3, 0.4) is 0 Å². The normalized spacial score (nSPS) is 14.4. The van der Waals surface area contributed by atoms with Crippen molar-refractivity contribution >= 4 is 61.1 Å². The lowest BCUT2D eigenvalue weighted by Gasteiger charge is -2.07. The number of benzene rings is 2. The van der Waals surface area contributed by atoms with E-state index in [0.717, 1.165) is 14.5 Å². The Morgan fingerprint density at radius 1 is 1.25 bits per heavy atom. The first-order valence-electron chi connectivity index (χ1n) is 6.92. The largest absolute Gasteiger partial charge is 0.481 e. The maximum Gasteiger partial charge on any atom is 0.341 e. The fourth-order valence-electron chi connectivity index (χ4n) is 2.39. The van der Waals surface area contributed by atoms with E-state index in [1.807, 2.05) is 12.1 Å². The fraction of sp³-hybridized carbons (Fsp3) is 0.0588. The summed E-state index contributed by atoms with van der Waals surface area (Å²) in [5, 5.41) is 11.6. The second-order valence-electron chi connectivity index (χ2n) is 5.04. The number of carboxylic acid groups (broad SMARTS) is 1. The van der Waals surface area contributed by atoms with Gasteiger partial charge in [-0.05, 0) is 40.2 Å². The van der Waals surface area contributed by atoms with Gasteiger partial charge < -0.3 is 15.2 Å². The Kier molecular flexibility index (Phi) is 4.73. The van der Waals surface area contributed by atoms with Crippen molar-refractivity contribution in [2.45, 2.75) is 0 Å². The summed E-state index contributed by atoms with van der Waals surface area (Å²) in [6.45, 7) is -0.444. The number of halogens is 2. The van der Waals surface area contributed by atoms with E-state index >= 15 is 0 Å². The maximum absolute atomic E-state index is 12.3. The number of hydrogen-bond donors (Lipinski definition) is 2. The monoisotopic (exact) mass is 451 g/mol. The van der Waals surface area contributed by atoms with Gasteiger partial charge in [-0.1, -0.05) is 34.1 Å². The molecule has 2 N–H and O–H groups in total. The Balaban J connectivity index is 2.05. The van der Waals surface area contributed by atoms with Gasteiger partial charge in [-0.15, -0.1) is 0 Å². The Morgan fingerprint density at radius 3 is 2.75 bits per heavy atom. The Morgan fingerprint density at radius 2 is 2.00 bits per heavy atom. The summed E-state index contributed by atoms with van der Waals surface area (Å²) in [6.07, 6.45) is 1.69. The van der Waals surface area contributed by atoms with Gasteiger partial charge in [0, 0.05) is 25.6 Å². The number of aliphatic carboxylic acids is 1. The van der Waals surface area contributed by atoms with Crippen molar-refractivity contribution in [1.29, 1.82) is 0 Å². The molecule has 0 saturated heterocycles. The molecule has 0 fully saturated rings. The molecule has 0 aliphatic carbocycles. The van der Waals surface area contributed by atoms with E-state index < -0.39 is 12.6 Å². The van der Waals surface area contributed by atoms with Crippen LogP contribution < -0.4 is 10.1 Å². The van der Waals surface area contributed by atoms with Crippen LogP contribution in [0.15, 0.2) is 45.3 Å². The molecular formula is C17H11Br2NO4. The average Bonchev–Trinajstić information content (AvgIpc) is 2.83. The van der Waals surface area contributed by atoms with Crippen molar-refractivity contribution in [2.24, 2.45) is 0 Å². The summed E-state index contributed by atoms with van der Waals surface area (Å²) in [5.74, 6) is -0.881. The zero-order valence-corrected chi connectivity index (χ0v) is 15.3. The van der Waals surface area contributed by atoms with Crippen LogP contribution >= 0.6 is 31.9 Å². The molecule has 7 heteroatoms. The van der Waals surface area contributed by atoms with Crippen LogP contribution in [0.2, 0.25) is 0 Å². The first-order valence-corrected chi connectivity index (χ1v) is 8.50. The SMILES string of the molecule is O=C(O)COc1ccccc1C=C1C(=O)Nc2c(Br)cc(Br)cc21. The number of carboxylic acids is 1. The lowest BCUT2D eigenvalue weighted by atomic mass is 10.0. The minimum Gasteiger partial charge on any atom is -0.481 e. The molecule has 1 aliphatic rings. The highest BCUT2D eigenvalue weighted by molar-refractivity contribution is 9.11. The van der Waals surface area contributed by atoms with Crippen LogP contribution in [-0.4, -0.2) is 23.6 Å². The number of fused-ring (bicyclic) bond motifs is 1. The molecule has 122 valence electrons. The zero-order valence-electron chi connectivity index (χ0n) is 12.2. The first-order chi connectivity index (χ1) is 11.5. The van der Waals surface area contributed by atoms with Crippen LogP contribution in [0.1, 0.15) is 11.1 Å². The van der Waals surface area contributed by atoms with Gasteiger partial charge in [0.05, 0.1) is 5.69 Å². The third-order valence-electron chi connectivity index (χ3n) is 3.40. The number of anilines is 1. The topological polar surface area (TPSA) is 75.6 Å². The molecular weight excluding hydrogens is 442 g/mol. The molecule has 5 nitrogen and oxygen atoms in total. The van der Waals surface area contributed by atoms with E-state index in [2.05, 4.69) is 37.2 Å². The smallest absolute Gasteiger partial charge is 0.341 e. The van der Waals surface area contributed by atoms with Gasteiger partial charge in [0.2, 0.25) is 0 Å². The average molecular weight is 453 g/mol. The third-order valence-corrected chi connectivity index (χ3v) is 4.48. The van der Waals surface area contributed by atoms with Crippen LogP contribution in [0.5, 0.6) is 5.75 Å². The lowest BCUT2D eigenvalue weighted by Crippen LogP contribution is -2.10. The van der Waals surface area contributed by atoms with Gasteiger partial charge in [-0.3, -0.25) is 4.79 Å². The molecule has 0 aromatic heterocycles. The molecule has 3 rings (SSSR count). The van der Waals surface area contributed by atoms with Gasteiger partial charge in [-0.2, -0.15) is 0 Å². The summed E-state index contributed by atoms with van der Waals surface area (Å²) in [7, 11) is 0. The standard InChI is InChI=1S/C17H11Br2NO4/c18-10-6-11-12(17(23)20-16(11)13(19)7-10)5-9-3-1-2-4-14(9)24-8-15(21)22/h1-7H,8H2,(H,20,23)(H,21,22). The number of rotatable bonds is 4. The molecule has 1 heterocycles. The second-order valence-corrected chi connectivity index (χ2v) is 6.81. The predicted octanol–water partition coefficient (Wildman–Crippen LogP) is 4.17. The highest BCUT2D eigenvalue weighted by Crippen LogP contribution is 2.41. The molecule has 0 bridgehead atoms. The molecule has 2 aromatic carbocycles. The maximum atomic E-state index is 12.3. The van der Waals surface area contributed by atoms with Crippen LogP contribution in [0, 0.1) is 0 Å². The Bertz CT molecular complexity index is 877. The minimum atomic E-state index is -1.06. The molecule has 1 amide bonds. The molecule has 0 saturated carbocycles. The number of para-hydroxylation sites is 1. The lowest BCUT2D eigenvalue weighted by molar-refractivity contribution is -0.139. The summed E-state index contributed by atoms with van der Waals surface area (Å²) < 4.78 is 6.90. The number of nitrogens with one attached hydrogen (secondary N) is 1. The minimum absolute atomic E-state index is 0.225. The van der Waals surface area contributed by atoms with Gasteiger partial charge in [0.25, 0.3) is 5.91 Å². The van der Waals surface area contributed by atoms with E-state index in [1.54, 1.807) is 30.3 Å². The van der Waals surface area contributed by atoms with Crippen molar-refractivity contribution in [3.63, 3.8) is 0 Å². The van der Waals surface area contributed by atoms with Gasteiger partial charge >= 0.3 is 5.97 Å². The molecule has 24 heavy (non-hydrogen) atoms. The third kappa shape index (κ3) is 3.37. The predicted molar refractivity (Wildman–Crippen MR) is 97.9 cm³/mol. The number of amides is 1. The van der Waals surface area contributed by atoms with Crippen LogP contribution in [-0.2, 0) is 9.59 Å². The van der Waals surface area contributed by atoms with Gasteiger partial charge in [0.1, 0.15) is 5.75 Å². The van der Waals surface area contributed by atoms with Crippen molar-refractivity contribution in [2.75, 3.05) is 11.9 Å². The molecule has 0 unspecified atom stereocenters. The number of ether oxygens (including phenoxy) is 1. The highest BCUT2D eigenvalue weighted by Gasteiger charge is 2.26. The number of carbonyl (C=O) groups is 2. The molecule has 2 aromatic rings. The summed E-state index contributed by atoms with van der Waals surface area (Å²) in [6, 6.07) is 10.7. The summed E-state index contributed by atoms with van der Waals surface area (Å²) in [4.78, 5) is 23.0. The van der Waals surface area contributed by atoms with Crippen LogP contribution in [0.25, 0.3) is 11.6 Å². The molecule has 0 atom stereocenters. The van der Waals surface area contributed by atoms with Gasteiger partial charge in [-0.25, -0.2) is 4.79 Å². The number of carbonyl (C=O) groups excluding carboxylic acids is 1. The quantitative estimate of drug-likeness (QED) is 0.682. The zero-order chi connectivity index (χ0) is 17.3. The molecule has 0 spiro atoms. The Labute approximate surface area is 154 Å². The van der Waals surface area contributed by atoms with Crippen molar-refractivity contribution in [3.05, 3.63) is 56.5 Å². The molecule has 1 aliphatic heterocycles. The van der Waals surface area contributed by atoms with Crippen molar-refractivity contribution in [1.82, 2.24) is 0 Å².